The summed E-state index contributed by atoms with van der Waals surface area (Å²) in [6, 6.07) is 1.59. The number of aromatic nitrogens is 1. The molecule has 0 bridgehead atoms. The number of ether oxygens (including phenoxy) is 1. The molecule has 1 aromatic heterocycles. The van der Waals surface area contributed by atoms with Gasteiger partial charge in [-0.3, -0.25) is 9.59 Å². The number of nitrogens with zero attached hydrogens (tertiary/aromatic N) is 1. The SMILES string of the molecule is COC(=O)CCCNC(=O)c1cc(Br)cnc1Cl. The average Bonchev–Trinajstić information content (AvgIpc) is 2.36. The standard InChI is InChI=1S/C11H12BrClN2O3/c1-18-9(16)3-2-4-14-11(17)8-5-7(12)6-15-10(8)13/h5-6H,2-4H2,1H3,(H,14,17). The van der Waals surface area contributed by atoms with E-state index in [2.05, 4.69) is 31.0 Å². The first-order chi connectivity index (χ1) is 8.54. The number of halogens is 2. The molecule has 1 amide bonds. The molecule has 0 unspecified atom stereocenters. The molecule has 0 aromatic carbocycles. The van der Waals surface area contributed by atoms with Gasteiger partial charge in [0.2, 0.25) is 0 Å². The van der Waals surface area contributed by atoms with E-state index in [1.54, 1.807) is 6.07 Å². The Kier molecular flexibility index (Phi) is 6.07. The summed E-state index contributed by atoms with van der Waals surface area (Å²) in [7, 11) is 1.33. The van der Waals surface area contributed by atoms with Crippen molar-refractivity contribution < 1.29 is 14.3 Å². The molecule has 1 aromatic rings. The van der Waals surface area contributed by atoms with Gasteiger partial charge in [0.25, 0.3) is 5.91 Å². The van der Waals surface area contributed by atoms with Gasteiger partial charge in [-0.15, -0.1) is 0 Å². The van der Waals surface area contributed by atoms with Crippen LogP contribution in [0.15, 0.2) is 16.7 Å². The lowest BCUT2D eigenvalue weighted by Crippen LogP contribution is -2.25. The van der Waals surface area contributed by atoms with E-state index in [0.29, 0.717) is 23.0 Å². The van der Waals surface area contributed by atoms with Crippen LogP contribution in [0.2, 0.25) is 5.15 Å². The number of esters is 1. The number of rotatable bonds is 5. The third kappa shape index (κ3) is 4.62. The van der Waals surface area contributed by atoms with E-state index in [0.717, 1.165) is 0 Å². The van der Waals surface area contributed by atoms with Crippen LogP contribution in [0.25, 0.3) is 0 Å². The van der Waals surface area contributed by atoms with Crippen molar-refractivity contribution in [3.8, 4) is 0 Å². The van der Waals surface area contributed by atoms with E-state index in [-0.39, 0.29) is 23.5 Å². The average molecular weight is 336 g/mol. The lowest BCUT2D eigenvalue weighted by atomic mass is 10.2. The van der Waals surface area contributed by atoms with Crippen molar-refractivity contribution in [2.24, 2.45) is 0 Å². The summed E-state index contributed by atoms with van der Waals surface area (Å²) in [4.78, 5) is 26.5. The molecule has 0 aliphatic heterocycles. The first kappa shape index (κ1) is 14.9. The molecule has 0 spiro atoms. The number of methoxy groups -OCH3 is 1. The van der Waals surface area contributed by atoms with E-state index >= 15 is 0 Å². The van der Waals surface area contributed by atoms with E-state index < -0.39 is 0 Å². The van der Waals surface area contributed by atoms with Crippen LogP contribution < -0.4 is 5.32 Å². The molecule has 1 rings (SSSR count). The Labute approximate surface area is 118 Å². The van der Waals surface area contributed by atoms with E-state index in [1.807, 2.05) is 0 Å². The maximum atomic E-state index is 11.8. The van der Waals surface area contributed by atoms with Gasteiger partial charge in [0.15, 0.2) is 0 Å². The van der Waals surface area contributed by atoms with Crippen LogP contribution >= 0.6 is 27.5 Å². The normalized spacial score (nSPS) is 9.94. The molecule has 0 radical (unpaired) electrons. The smallest absolute Gasteiger partial charge is 0.305 e. The fraction of sp³-hybridized carbons (Fsp3) is 0.364. The maximum Gasteiger partial charge on any atom is 0.305 e. The van der Waals surface area contributed by atoms with Gasteiger partial charge < -0.3 is 10.1 Å². The minimum atomic E-state index is -0.321. The Hall–Kier alpha value is -1.14. The van der Waals surface area contributed by atoms with Crippen LogP contribution in [-0.2, 0) is 9.53 Å². The highest BCUT2D eigenvalue weighted by Crippen LogP contribution is 2.17. The summed E-state index contributed by atoms with van der Waals surface area (Å²) < 4.78 is 5.16. The molecule has 1 heterocycles. The Morgan fingerprint density at radius 1 is 1.56 bits per heavy atom. The van der Waals surface area contributed by atoms with Crippen molar-refractivity contribution in [1.29, 1.82) is 0 Å². The highest BCUT2D eigenvalue weighted by atomic mass is 79.9. The van der Waals surface area contributed by atoms with Gasteiger partial charge in [0.05, 0.1) is 12.7 Å². The fourth-order valence-electron chi connectivity index (χ4n) is 1.21. The number of nitrogens with one attached hydrogen (secondary N) is 1. The lowest BCUT2D eigenvalue weighted by Gasteiger charge is -2.06. The van der Waals surface area contributed by atoms with Gasteiger partial charge in [-0.2, -0.15) is 0 Å². The molecular weight excluding hydrogens is 323 g/mol. The minimum Gasteiger partial charge on any atom is -0.469 e. The molecule has 7 heteroatoms. The van der Waals surface area contributed by atoms with Crippen LogP contribution in [0.4, 0.5) is 0 Å². The third-order valence-electron chi connectivity index (χ3n) is 2.12. The Morgan fingerprint density at radius 2 is 2.28 bits per heavy atom. The monoisotopic (exact) mass is 334 g/mol. The van der Waals surface area contributed by atoms with Crippen LogP contribution in [0, 0.1) is 0 Å². The van der Waals surface area contributed by atoms with Crippen molar-refractivity contribution in [2.45, 2.75) is 12.8 Å². The number of pyridine rings is 1. The summed E-state index contributed by atoms with van der Waals surface area (Å²) in [5.41, 5.74) is 0.295. The number of carbonyl (C=O) groups excluding carboxylic acids is 2. The summed E-state index contributed by atoms with van der Waals surface area (Å²) in [5, 5.41) is 2.80. The zero-order chi connectivity index (χ0) is 13.5. The Morgan fingerprint density at radius 3 is 2.94 bits per heavy atom. The van der Waals surface area contributed by atoms with Crippen LogP contribution in [0.5, 0.6) is 0 Å². The quantitative estimate of drug-likeness (QED) is 0.509. The largest absolute Gasteiger partial charge is 0.469 e. The molecule has 5 nitrogen and oxygen atoms in total. The van der Waals surface area contributed by atoms with E-state index in [1.165, 1.54) is 13.3 Å². The molecule has 0 aliphatic rings. The molecule has 0 fully saturated rings. The molecular formula is C11H12BrClN2O3. The van der Waals surface area contributed by atoms with Gasteiger partial charge in [-0.25, -0.2) is 4.98 Å². The molecule has 0 saturated heterocycles. The minimum absolute atomic E-state index is 0.142. The Bertz CT molecular complexity index is 454. The first-order valence-corrected chi connectivity index (χ1v) is 6.37. The van der Waals surface area contributed by atoms with E-state index in [4.69, 9.17) is 11.6 Å². The molecule has 18 heavy (non-hydrogen) atoms. The summed E-state index contributed by atoms with van der Waals surface area (Å²) in [5.74, 6) is -0.620. The zero-order valence-corrected chi connectivity index (χ0v) is 12.0. The van der Waals surface area contributed by atoms with E-state index in [9.17, 15) is 9.59 Å². The van der Waals surface area contributed by atoms with Gasteiger partial charge >= 0.3 is 5.97 Å². The molecule has 0 atom stereocenters. The van der Waals surface area contributed by atoms with Crippen molar-refractivity contribution in [1.82, 2.24) is 10.3 Å². The molecule has 0 aliphatic carbocycles. The van der Waals surface area contributed by atoms with Crippen molar-refractivity contribution in [3.05, 3.63) is 27.5 Å². The van der Waals surface area contributed by atoms with Gasteiger partial charge in [-0.05, 0) is 28.4 Å². The van der Waals surface area contributed by atoms with Crippen LogP contribution in [0.1, 0.15) is 23.2 Å². The second-order valence-electron chi connectivity index (χ2n) is 3.43. The Balaban J connectivity index is 2.46. The third-order valence-corrected chi connectivity index (χ3v) is 2.86. The number of amides is 1. The lowest BCUT2D eigenvalue weighted by molar-refractivity contribution is -0.140. The summed E-state index contributed by atoms with van der Waals surface area (Å²) in [6.45, 7) is 0.372. The first-order valence-electron chi connectivity index (χ1n) is 5.20. The zero-order valence-electron chi connectivity index (χ0n) is 9.70. The van der Waals surface area contributed by atoms with Crippen LogP contribution in [0.3, 0.4) is 0 Å². The highest BCUT2D eigenvalue weighted by Gasteiger charge is 2.11. The predicted molar refractivity (Wildman–Crippen MR) is 70.5 cm³/mol. The maximum absolute atomic E-state index is 11.8. The summed E-state index contributed by atoms with van der Waals surface area (Å²) >= 11 is 9.02. The molecule has 1 N–H and O–H groups in total. The van der Waals surface area contributed by atoms with Crippen LogP contribution in [-0.4, -0.2) is 30.5 Å². The van der Waals surface area contributed by atoms with Gasteiger partial charge in [0.1, 0.15) is 5.15 Å². The highest BCUT2D eigenvalue weighted by molar-refractivity contribution is 9.10. The van der Waals surface area contributed by atoms with Gasteiger partial charge in [-0.1, -0.05) is 11.6 Å². The number of hydrogen-bond donors (Lipinski definition) is 1. The predicted octanol–water partition coefficient (Wildman–Crippen LogP) is 2.18. The second kappa shape index (κ2) is 7.33. The fourth-order valence-corrected chi connectivity index (χ4v) is 1.73. The van der Waals surface area contributed by atoms with Crippen molar-refractivity contribution in [3.63, 3.8) is 0 Å². The molecule has 0 saturated carbocycles. The number of carbonyl (C=O) groups is 2. The molecule has 98 valence electrons. The van der Waals surface area contributed by atoms with Gasteiger partial charge in [0, 0.05) is 23.6 Å². The second-order valence-corrected chi connectivity index (χ2v) is 4.70. The van der Waals surface area contributed by atoms with Crippen molar-refractivity contribution >= 4 is 39.4 Å². The summed E-state index contributed by atoms with van der Waals surface area (Å²) in [6.07, 6.45) is 2.29. The number of hydrogen-bond acceptors (Lipinski definition) is 4. The van der Waals surface area contributed by atoms with Crippen molar-refractivity contribution in [2.75, 3.05) is 13.7 Å². The topological polar surface area (TPSA) is 68.3 Å².